The Balaban J connectivity index is 2.85. The van der Waals surface area contributed by atoms with E-state index in [2.05, 4.69) is 16.0 Å². The smallest absolute Gasteiger partial charge is 0.326 e. The molecule has 1 rings (SSSR count). The van der Waals surface area contributed by atoms with E-state index >= 15 is 0 Å². The fourth-order valence-electron chi connectivity index (χ4n) is 2.50. The number of carboxylic acid groups (broad SMARTS) is 1. The molecule has 31 heavy (non-hydrogen) atoms. The zero-order valence-electron chi connectivity index (χ0n) is 16.9. The lowest BCUT2D eigenvalue weighted by molar-refractivity contribution is -0.142. The predicted octanol–water partition coefficient (Wildman–Crippen LogP) is -3.02. The van der Waals surface area contributed by atoms with Crippen LogP contribution in [0.15, 0.2) is 30.3 Å². The van der Waals surface area contributed by atoms with E-state index in [1.165, 1.54) is 6.92 Å². The molecule has 0 spiro atoms. The van der Waals surface area contributed by atoms with Crippen molar-refractivity contribution in [2.24, 2.45) is 11.5 Å². The summed E-state index contributed by atoms with van der Waals surface area (Å²) < 4.78 is 0. The SMILES string of the molecule is CC(NC(=O)C(N)CO)C(=O)NC(CC(N)=O)C(=O)NC(Cc1ccccc1)C(=O)O. The van der Waals surface area contributed by atoms with Gasteiger partial charge in [0.2, 0.25) is 23.6 Å². The lowest BCUT2D eigenvalue weighted by atomic mass is 10.0. The Morgan fingerprint density at radius 1 is 0.935 bits per heavy atom. The van der Waals surface area contributed by atoms with Crippen molar-refractivity contribution in [2.75, 3.05) is 6.61 Å². The van der Waals surface area contributed by atoms with E-state index in [1.54, 1.807) is 30.3 Å². The molecule has 0 saturated heterocycles. The quantitative estimate of drug-likeness (QED) is 0.178. The van der Waals surface area contributed by atoms with Crippen LogP contribution in [0.1, 0.15) is 18.9 Å². The average Bonchev–Trinajstić information content (AvgIpc) is 2.72. The minimum absolute atomic E-state index is 0.0232. The second kappa shape index (κ2) is 12.2. The first kappa shape index (κ1) is 25.5. The average molecular weight is 437 g/mol. The molecule has 1 aromatic rings. The summed E-state index contributed by atoms with van der Waals surface area (Å²) in [6.45, 7) is 0.664. The van der Waals surface area contributed by atoms with Crippen LogP contribution in [0.4, 0.5) is 0 Å². The van der Waals surface area contributed by atoms with Gasteiger partial charge in [0.1, 0.15) is 24.2 Å². The van der Waals surface area contributed by atoms with Gasteiger partial charge in [0, 0.05) is 6.42 Å². The molecule has 4 atom stereocenters. The van der Waals surface area contributed by atoms with Crippen LogP contribution in [-0.4, -0.2) is 70.6 Å². The molecule has 0 aliphatic carbocycles. The molecule has 0 aliphatic rings. The van der Waals surface area contributed by atoms with E-state index in [-0.39, 0.29) is 6.42 Å². The third-order valence-corrected chi connectivity index (χ3v) is 4.22. The van der Waals surface area contributed by atoms with Gasteiger partial charge in [-0.3, -0.25) is 19.2 Å². The van der Waals surface area contributed by atoms with Crippen LogP contribution in [0.2, 0.25) is 0 Å². The maximum atomic E-state index is 12.6. The predicted molar refractivity (Wildman–Crippen MR) is 108 cm³/mol. The number of aliphatic hydroxyl groups is 1. The van der Waals surface area contributed by atoms with Gasteiger partial charge in [-0.2, -0.15) is 0 Å². The number of amides is 4. The molecule has 0 aliphatic heterocycles. The van der Waals surface area contributed by atoms with Crippen LogP contribution in [0.5, 0.6) is 0 Å². The van der Waals surface area contributed by atoms with E-state index in [9.17, 15) is 29.1 Å². The van der Waals surface area contributed by atoms with Gasteiger partial charge in [-0.25, -0.2) is 4.79 Å². The summed E-state index contributed by atoms with van der Waals surface area (Å²) in [4.78, 5) is 59.5. The lowest BCUT2D eigenvalue weighted by Gasteiger charge is -2.23. The number of benzene rings is 1. The molecule has 0 fully saturated rings. The third-order valence-electron chi connectivity index (χ3n) is 4.22. The number of carbonyl (C=O) groups is 5. The Kier molecular flexibility index (Phi) is 10.1. The molecule has 4 amide bonds. The summed E-state index contributed by atoms with van der Waals surface area (Å²) in [7, 11) is 0. The molecular formula is C19H27N5O7. The van der Waals surface area contributed by atoms with Crippen molar-refractivity contribution in [3.05, 3.63) is 35.9 Å². The Bertz CT molecular complexity index is 802. The first-order valence-corrected chi connectivity index (χ1v) is 9.37. The van der Waals surface area contributed by atoms with E-state index in [4.69, 9.17) is 16.6 Å². The van der Waals surface area contributed by atoms with Crippen LogP contribution >= 0.6 is 0 Å². The van der Waals surface area contributed by atoms with Crippen molar-refractivity contribution >= 4 is 29.6 Å². The Hall–Kier alpha value is -3.51. The number of rotatable bonds is 12. The number of nitrogens with one attached hydrogen (secondary N) is 3. The van der Waals surface area contributed by atoms with Gasteiger partial charge in [-0.05, 0) is 12.5 Å². The number of hydrogen-bond acceptors (Lipinski definition) is 7. The van der Waals surface area contributed by atoms with Gasteiger partial charge in [-0.1, -0.05) is 30.3 Å². The molecule has 0 radical (unpaired) electrons. The van der Waals surface area contributed by atoms with E-state index < -0.39 is 66.8 Å². The number of hydrogen-bond donors (Lipinski definition) is 7. The minimum atomic E-state index is -1.46. The summed E-state index contributed by atoms with van der Waals surface area (Å²) in [6, 6.07) is 3.37. The Labute approximate surface area is 178 Å². The summed E-state index contributed by atoms with van der Waals surface area (Å²) in [5.41, 5.74) is 11.1. The highest BCUT2D eigenvalue weighted by molar-refractivity contribution is 5.96. The van der Waals surface area contributed by atoms with Gasteiger partial charge >= 0.3 is 5.97 Å². The zero-order chi connectivity index (χ0) is 23.6. The normalized spacial score (nSPS) is 14.4. The van der Waals surface area contributed by atoms with Crippen molar-refractivity contribution in [2.45, 2.75) is 43.9 Å². The van der Waals surface area contributed by atoms with Crippen molar-refractivity contribution < 1.29 is 34.2 Å². The maximum Gasteiger partial charge on any atom is 0.326 e. The highest BCUT2D eigenvalue weighted by Gasteiger charge is 2.29. The standard InChI is InChI=1S/C19H27N5O7/c1-10(22-17(28)12(20)9-25)16(27)23-13(8-15(21)26)18(29)24-14(19(30)31)7-11-5-3-2-4-6-11/h2-6,10,12-14,25H,7-9,20H2,1H3,(H2,21,26)(H,22,28)(H,23,27)(H,24,29)(H,30,31). The van der Waals surface area contributed by atoms with Crippen molar-refractivity contribution in [1.29, 1.82) is 0 Å². The van der Waals surface area contributed by atoms with Crippen molar-refractivity contribution in [1.82, 2.24) is 16.0 Å². The first-order valence-electron chi connectivity index (χ1n) is 9.37. The van der Waals surface area contributed by atoms with Gasteiger partial charge in [0.05, 0.1) is 13.0 Å². The van der Waals surface area contributed by atoms with E-state index in [1.807, 2.05) is 0 Å². The molecule has 0 saturated carbocycles. The summed E-state index contributed by atoms with van der Waals surface area (Å²) in [5.74, 6) is -4.78. The second-order valence-electron chi connectivity index (χ2n) is 6.84. The third kappa shape index (κ3) is 8.80. The molecule has 9 N–H and O–H groups in total. The highest BCUT2D eigenvalue weighted by Crippen LogP contribution is 2.05. The van der Waals surface area contributed by atoms with E-state index in [0.717, 1.165) is 0 Å². The highest BCUT2D eigenvalue weighted by atomic mass is 16.4. The fraction of sp³-hybridized carbons (Fsp3) is 0.421. The number of primary amides is 1. The van der Waals surface area contributed by atoms with Crippen LogP contribution in [-0.2, 0) is 30.4 Å². The molecule has 170 valence electrons. The van der Waals surface area contributed by atoms with Crippen molar-refractivity contribution in [3.63, 3.8) is 0 Å². The first-order chi connectivity index (χ1) is 14.5. The molecule has 0 aromatic heterocycles. The van der Waals surface area contributed by atoms with Gasteiger partial charge in [0.25, 0.3) is 0 Å². The lowest BCUT2D eigenvalue weighted by Crippen LogP contribution is -2.57. The summed E-state index contributed by atoms with van der Waals surface area (Å²) in [5, 5.41) is 25.1. The number of carboxylic acids is 1. The maximum absolute atomic E-state index is 12.6. The number of aliphatic carboxylic acids is 1. The van der Waals surface area contributed by atoms with Crippen LogP contribution < -0.4 is 27.4 Å². The van der Waals surface area contributed by atoms with Gasteiger partial charge in [-0.15, -0.1) is 0 Å². The monoisotopic (exact) mass is 437 g/mol. The Morgan fingerprint density at radius 3 is 2.03 bits per heavy atom. The summed E-state index contributed by atoms with van der Waals surface area (Å²) in [6.07, 6.45) is -0.614. The topological polar surface area (TPSA) is 214 Å². The number of carbonyl (C=O) groups excluding carboxylic acids is 4. The van der Waals surface area contributed by atoms with Gasteiger partial charge in [0.15, 0.2) is 0 Å². The van der Waals surface area contributed by atoms with Crippen LogP contribution in [0.3, 0.4) is 0 Å². The molecular weight excluding hydrogens is 410 g/mol. The molecule has 12 heteroatoms. The van der Waals surface area contributed by atoms with E-state index in [0.29, 0.717) is 5.56 Å². The largest absolute Gasteiger partial charge is 0.480 e. The van der Waals surface area contributed by atoms with Crippen LogP contribution in [0.25, 0.3) is 0 Å². The molecule has 4 unspecified atom stereocenters. The van der Waals surface area contributed by atoms with Crippen molar-refractivity contribution in [3.8, 4) is 0 Å². The van der Waals surface area contributed by atoms with Crippen LogP contribution in [0, 0.1) is 0 Å². The fourth-order valence-corrected chi connectivity index (χ4v) is 2.50. The summed E-state index contributed by atoms with van der Waals surface area (Å²) >= 11 is 0. The number of aliphatic hydroxyl groups excluding tert-OH is 1. The Morgan fingerprint density at radius 2 is 1.52 bits per heavy atom. The molecule has 1 aromatic carbocycles. The second-order valence-corrected chi connectivity index (χ2v) is 6.84. The number of nitrogens with two attached hydrogens (primary N) is 2. The molecule has 0 bridgehead atoms. The molecule has 0 heterocycles. The zero-order valence-corrected chi connectivity index (χ0v) is 16.9. The van der Waals surface area contributed by atoms with Gasteiger partial charge < -0.3 is 37.6 Å². The minimum Gasteiger partial charge on any atom is -0.480 e. The molecule has 12 nitrogen and oxygen atoms in total.